The van der Waals surface area contributed by atoms with E-state index in [0.29, 0.717) is 5.76 Å². The van der Waals surface area contributed by atoms with Crippen LogP contribution < -0.4 is 0 Å². The Labute approximate surface area is 140 Å². The van der Waals surface area contributed by atoms with Gasteiger partial charge in [0.1, 0.15) is 17.1 Å². The molecule has 2 amide bonds. The number of nitrogens with zero attached hydrogens (tertiary/aromatic N) is 2. The number of non-ortho nitro benzene ring substituents is 1. The summed E-state index contributed by atoms with van der Waals surface area (Å²) in [7, 11) is 1.23. The number of amides is 2. The van der Waals surface area contributed by atoms with Gasteiger partial charge in [-0.15, -0.1) is 0 Å². The van der Waals surface area contributed by atoms with Gasteiger partial charge in [-0.3, -0.25) is 24.6 Å². The van der Waals surface area contributed by atoms with E-state index < -0.39 is 22.7 Å². The van der Waals surface area contributed by atoms with Crippen LogP contribution in [0.3, 0.4) is 0 Å². The lowest BCUT2D eigenvalue weighted by Gasteiger charge is -2.11. The molecule has 0 saturated heterocycles. The van der Waals surface area contributed by atoms with E-state index in [1.54, 1.807) is 6.92 Å². The predicted octanol–water partition coefficient (Wildman–Crippen LogP) is 2.08. The predicted molar refractivity (Wildman–Crippen MR) is 82.1 cm³/mol. The first kappa shape index (κ1) is 16.4. The first-order chi connectivity index (χ1) is 11.8. The first-order valence-corrected chi connectivity index (χ1v) is 7.15. The highest BCUT2D eigenvalue weighted by Crippen LogP contribution is 2.28. The second-order valence-electron chi connectivity index (χ2n) is 5.36. The molecule has 0 fully saturated rings. The molecule has 0 saturated carbocycles. The van der Waals surface area contributed by atoms with Crippen molar-refractivity contribution in [2.45, 2.75) is 13.5 Å². The summed E-state index contributed by atoms with van der Waals surface area (Å²) < 4.78 is 10.0. The third-order valence-corrected chi connectivity index (χ3v) is 3.85. The number of fused-ring (bicyclic) bond motifs is 1. The summed E-state index contributed by atoms with van der Waals surface area (Å²) in [4.78, 5) is 47.5. The van der Waals surface area contributed by atoms with Crippen LogP contribution in [0.25, 0.3) is 0 Å². The smallest absolute Gasteiger partial charge is 0.341 e. The van der Waals surface area contributed by atoms with Crippen LogP contribution in [-0.4, -0.2) is 34.7 Å². The van der Waals surface area contributed by atoms with E-state index in [9.17, 15) is 24.5 Å². The molecule has 0 atom stereocenters. The Bertz CT molecular complexity index is 929. The Hall–Kier alpha value is -3.49. The van der Waals surface area contributed by atoms with Gasteiger partial charge in [0.15, 0.2) is 0 Å². The molecule has 128 valence electrons. The summed E-state index contributed by atoms with van der Waals surface area (Å²) in [6, 6.07) is 4.89. The van der Waals surface area contributed by atoms with E-state index in [4.69, 9.17) is 4.42 Å². The average molecular weight is 344 g/mol. The zero-order chi connectivity index (χ0) is 18.3. The number of nitro benzene ring substituents is 1. The molecule has 0 bridgehead atoms. The fourth-order valence-electron chi connectivity index (χ4n) is 2.63. The SMILES string of the molecule is COC(=O)c1cc(CN2C(=O)c3ccc([N+](=O)[O-])cc3C2=O)oc1C. The van der Waals surface area contributed by atoms with Crippen molar-refractivity contribution < 1.29 is 28.5 Å². The summed E-state index contributed by atoms with van der Waals surface area (Å²) in [6.45, 7) is 1.36. The Morgan fingerprint density at radius 1 is 1.24 bits per heavy atom. The molecule has 1 aliphatic heterocycles. The third-order valence-electron chi connectivity index (χ3n) is 3.85. The van der Waals surface area contributed by atoms with Crippen molar-refractivity contribution in [1.82, 2.24) is 4.90 Å². The van der Waals surface area contributed by atoms with E-state index in [-0.39, 0.29) is 34.7 Å². The number of carbonyl (C=O) groups is 3. The number of methoxy groups -OCH3 is 1. The largest absolute Gasteiger partial charge is 0.465 e. The third kappa shape index (κ3) is 2.65. The molecule has 3 rings (SSSR count). The highest BCUT2D eigenvalue weighted by molar-refractivity contribution is 6.21. The van der Waals surface area contributed by atoms with Crippen LogP contribution in [0.2, 0.25) is 0 Å². The monoisotopic (exact) mass is 344 g/mol. The van der Waals surface area contributed by atoms with Crippen molar-refractivity contribution in [2.24, 2.45) is 0 Å². The lowest BCUT2D eigenvalue weighted by atomic mass is 10.1. The second kappa shape index (κ2) is 5.86. The quantitative estimate of drug-likeness (QED) is 0.360. The van der Waals surface area contributed by atoms with Gasteiger partial charge in [0.05, 0.1) is 29.7 Å². The minimum Gasteiger partial charge on any atom is -0.465 e. The number of furan rings is 1. The van der Waals surface area contributed by atoms with Gasteiger partial charge >= 0.3 is 5.97 Å². The molecule has 1 aliphatic rings. The summed E-state index contributed by atoms with van der Waals surface area (Å²) >= 11 is 0. The van der Waals surface area contributed by atoms with Gasteiger partial charge in [-0.2, -0.15) is 0 Å². The van der Waals surface area contributed by atoms with Gasteiger partial charge in [-0.05, 0) is 19.1 Å². The van der Waals surface area contributed by atoms with Crippen LogP contribution in [0.15, 0.2) is 28.7 Å². The number of carbonyl (C=O) groups excluding carboxylic acids is 3. The van der Waals surface area contributed by atoms with Crippen molar-refractivity contribution in [3.63, 3.8) is 0 Å². The van der Waals surface area contributed by atoms with Crippen molar-refractivity contribution in [3.8, 4) is 0 Å². The number of rotatable bonds is 4. The standard InChI is InChI=1S/C16H12N2O7/c1-8-12(16(21)24-2)6-10(25-8)7-17-14(19)11-4-3-9(18(22)23)5-13(11)15(17)20/h3-6H,7H2,1-2H3. The van der Waals surface area contributed by atoms with E-state index in [1.165, 1.54) is 25.3 Å². The topological polar surface area (TPSA) is 120 Å². The Kier molecular flexibility index (Phi) is 3.84. The molecule has 9 nitrogen and oxygen atoms in total. The number of benzene rings is 1. The van der Waals surface area contributed by atoms with Crippen molar-refractivity contribution in [1.29, 1.82) is 0 Å². The summed E-state index contributed by atoms with van der Waals surface area (Å²) in [6.07, 6.45) is 0. The lowest BCUT2D eigenvalue weighted by molar-refractivity contribution is -0.384. The fourth-order valence-corrected chi connectivity index (χ4v) is 2.63. The molecule has 0 N–H and O–H groups in total. The maximum Gasteiger partial charge on any atom is 0.341 e. The van der Waals surface area contributed by atoms with Crippen LogP contribution in [0, 0.1) is 17.0 Å². The normalized spacial score (nSPS) is 13.1. The van der Waals surface area contributed by atoms with Gasteiger partial charge in [-0.25, -0.2) is 4.79 Å². The van der Waals surface area contributed by atoms with Gasteiger partial charge in [-0.1, -0.05) is 0 Å². The number of esters is 1. The van der Waals surface area contributed by atoms with Gasteiger partial charge in [0, 0.05) is 12.1 Å². The van der Waals surface area contributed by atoms with Gasteiger partial charge < -0.3 is 9.15 Å². The average Bonchev–Trinajstić information content (AvgIpc) is 3.07. The number of imide groups is 1. The maximum absolute atomic E-state index is 12.4. The van der Waals surface area contributed by atoms with Crippen LogP contribution >= 0.6 is 0 Å². The number of hydrogen-bond acceptors (Lipinski definition) is 7. The molecule has 2 heterocycles. The van der Waals surface area contributed by atoms with Crippen LogP contribution in [-0.2, 0) is 11.3 Å². The van der Waals surface area contributed by atoms with Crippen molar-refractivity contribution in [3.05, 3.63) is 62.6 Å². The highest BCUT2D eigenvalue weighted by Gasteiger charge is 2.37. The van der Waals surface area contributed by atoms with E-state index in [0.717, 1.165) is 11.0 Å². The summed E-state index contributed by atoms with van der Waals surface area (Å²) in [5.41, 5.74) is -0.0175. The summed E-state index contributed by atoms with van der Waals surface area (Å²) in [5.74, 6) is -1.30. The zero-order valence-corrected chi connectivity index (χ0v) is 13.3. The zero-order valence-electron chi connectivity index (χ0n) is 13.3. The Morgan fingerprint density at radius 2 is 1.92 bits per heavy atom. The molecular formula is C16H12N2O7. The van der Waals surface area contributed by atoms with Gasteiger partial charge in [0.25, 0.3) is 17.5 Å². The number of aryl methyl sites for hydroxylation is 1. The second-order valence-corrected chi connectivity index (χ2v) is 5.36. The molecule has 0 spiro atoms. The molecule has 1 aromatic carbocycles. The first-order valence-electron chi connectivity index (χ1n) is 7.15. The van der Waals surface area contributed by atoms with E-state index in [2.05, 4.69) is 4.74 Å². The molecule has 9 heteroatoms. The van der Waals surface area contributed by atoms with Crippen LogP contribution in [0.1, 0.15) is 42.6 Å². The van der Waals surface area contributed by atoms with Crippen molar-refractivity contribution >= 4 is 23.5 Å². The number of nitro groups is 1. The van der Waals surface area contributed by atoms with Crippen LogP contribution in [0.4, 0.5) is 5.69 Å². The fraction of sp³-hybridized carbons (Fsp3) is 0.188. The lowest BCUT2D eigenvalue weighted by Crippen LogP contribution is -2.28. The minimum absolute atomic E-state index is 0.0318. The number of ether oxygens (including phenoxy) is 1. The van der Waals surface area contributed by atoms with E-state index >= 15 is 0 Å². The molecule has 0 unspecified atom stereocenters. The highest BCUT2D eigenvalue weighted by atomic mass is 16.6. The number of hydrogen-bond donors (Lipinski definition) is 0. The minimum atomic E-state index is -0.655. The van der Waals surface area contributed by atoms with Crippen molar-refractivity contribution in [2.75, 3.05) is 7.11 Å². The molecular weight excluding hydrogens is 332 g/mol. The molecule has 0 radical (unpaired) electrons. The van der Waals surface area contributed by atoms with Crippen LogP contribution in [0.5, 0.6) is 0 Å². The van der Waals surface area contributed by atoms with Gasteiger partial charge in [0.2, 0.25) is 0 Å². The summed E-state index contributed by atoms with van der Waals surface area (Å²) in [5, 5.41) is 10.8. The Balaban J connectivity index is 1.90. The maximum atomic E-state index is 12.4. The molecule has 0 aliphatic carbocycles. The molecule has 2 aromatic rings. The Morgan fingerprint density at radius 3 is 2.56 bits per heavy atom. The molecule has 1 aromatic heterocycles. The van der Waals surface area contributed by atoms with E-state index in [1.807, 2.05) is 0 Å². The molecule has 25 heavy (non-hydrogen) atoms.